The predicted octanol–water partition coefficient (Wildman–Crippen LogP) is 1.31. The molecule has 1 N–H and O–H groups in total. The molecule has 1 fully saturated rings. The minimum Gasteiger partial charge on any atom is -0.495 e. The Kier molecular flexibility index (Phi) is 6.15. The van der Waals surface area contributed by atoms with E-state index in [-0.39, 0.29) is 23.0 Å². The molecule has 0 atom stereocenters. The van der Waals surface area contributed by atoms with E-state index < -0.39 is 10.0 Å². The standard InChI is InChI=1S/C16H19BrN4O5S/c1-25-15-3-2-13(27(23,24)21-4-6-26-7-5-21)8-14(15)19-16(22)11-20-10-12(17)9-18-20/h2-3,8-10H,4-7,11H2,1H3,(H,19,22). The summed E-state index contributed by atoms with van der Waals surface area (Å²) in [5, 5.41) is 6.71. The second-order valence-corrected chi connectivity index (χ2v) is 8.64. The Bertz CT molecular complexity index is 925. The molecule has 146 valence electrons. The second kappa shape index (κ2) is 8.38. The average molecular weight is 459 g/mol. The van der Waals surface area contributed by atoms with E-state index in [1.807, 2.05) is 0 Å². The predicted molar refractivity (Wildman–Crippen MR) is 101 cm³/mol. The first-order valence-electron chi connectivity index (χ1n) is 8.14. The Balaban J connectivity index is 1.81. The Morgan fingerprint density at radius 3 is 2.74 bits per heavy atom. The molecule has 1 amide bonds. The van der Waals surface area contributed by atoms with Gasteiger partial charge in [0.15, 0.2) is 0 Å². The maximum absolute atomic E-state index is 12.8. The van der Waals surface area contributed by atoms with Gasteiger partial charge in [-0.1, -0.05) is 0 Å². The Morgan fingerprint density at radius 2 is 2.11 bits per heavy atom. The highest BCUT2D eigenvalue weighted by molar-refractivity contribution is 9.10. The number of nitrogens with zero attached hydrogens (tertiary/aromatic N) is 3. The maximum Gasteiger partial charge on any atom is 0.246 e. The first kappa shape index (κ1) is 19.8. The van der Waals surface area contributed by atoms with Gasteiger partial charge in [-0.25, -0.2) is 8.42 Å². The van der Waals surface area contributed by atoms with Crippen LogP contribution in [0.3, 0.4) is 0 Å². The fourth-order valence-electron chi connectivity index (χ4n) is 2.64. The third-order valence-corrected chi connectivity index (χ3v) is 6.26. The summed E-state index contributed by atoms with van der Waals surface area (Å²) < 4.78 is 39.7. The number of aromatic nitrogens is 2. The highest BCUT2D eigenvalue weighted by Gasteiger charge is 2.27. The van der Waals surface area contributed by atoms with Crippen molar-refractivity contribution in [1.82, 2.24) is 14.1 Å². The fraction of sp³-hybridized carbons (Fsp3) is 0.375. The average Bonchev–Trinajstić information content (AvgIpc) is 3.06. The number of hydrogen-bond acceptors (Lipinski definition) is 6. The monoisotopic (exact) mass is 458 g/mol. The molecule has 2 heterocycles. The van der Waals surface area contributed by atoms with Crippen molar-refractivity contribution in [2.45, 2.75) is 11.4 Å². The lowest BCUT2D eigenvalue weighted by Gasteiger charge is -2.26. The zero-order valence-electron chi connectivity index (χ0n) is 14.6. The SMILES string of the molecule is COc1ccc(S(=O)(=O)N2CCOCC2)cc1NC(=O)Cn1cc(Br)cn1. The van der Waals surface area contributed by atoms with Crippen molar-refractivity contribution in [3.63, 3.8) is 0 Å². The second-order valence-electron chi connectivity index (χ2n) is 5.78. The molecule has 27 heavy (non-hydrogen) atoms. The molecule has 0 spiro atoms. The van der Waals surface area contributed by atoms with E-state index in [1.54, 1.807) is 12.4 Å². The van der Waals surface area contributed by atoms with E-state index in [1.165, 1.54) is 34.3 Å². The zero-order valence-corrected chi connectivity index (χ0v) is 17.0. The highest BCUT2D eigenvalue weighted by Crippen LogP contribution is 2.29. The van der Waals surface area contributed by atoms with Gasteiger partial charge in [0.25, 0.3) is 0 Å². The van der Waals surface area contributed by atoms with Crippen molar-refractivity contribution in [2.75, 3.05) is 38.7 Å². The van der Waals surface area contributed by atoms with Crippen LogP contribution in [0.4, 0.5) is 5.69 Å². The van der Waals surface area contributed by atoms with Crippen LogP contribution in [0.1, 0.15) is 0 Å². The number of methoxy groups -OCH3 is 1. The molecule has 11 heteroatoms. The number of ether oxygens (including phenoxy) is 2. The number of nitrogens with one attached hydrogen (secondary N) is 1. The van der Waals surface area contributed by atoms with Crippen molar-refractivity contribution >= 4 is 37.5 Å². The van der Waals surface area contributed by atoms with Crippen LogP contribution >= 0.6 is 15.9 Å². The number of rotatable bonds is 6. The lowest BCUT2D eigenvalue weighted by atomic mass is 10.3. The van der Waals surface area contributed by atoms with Gasteiger partial charge in [0, 0.05) is 19.3 Å². The van der Waals surface area contributed by atoms with E-state index in [4.69, 9.17) is 9.47 Å². The van der Waals surface area contributed by atoms with Gasteiger partial charge in [-0.3, -0.25) is 9.48 Å². The van der Waals surface area contributed by atoms with E-state index >= 15 is 0 Å². The van der Waals surface area contributed by atoms with Gasteiger partial charge in [0.05, 0.1) is 41.6 Å². The van der Waals surface area contributed by atoms with Gasteiger partial charge in [-0.15, -0.1) is 0 Å². The molecule has 1 aromatic carbocycles. The van der Waals surface area contributed by atoms with Crippen LogP contribution in [0, 0.1) is 0 Å². The van der Waals surface area contributed by atoms with E-state index in [0.29, 0.717) is 32.1 Å². The Morgan fingerprint density at radius 1 is 1.37 bits per heavy atom. The van der Waals surface area contributed by atoms with Crippen LogP contribution in [-0.2, 0) is 26.1 Å². The molecule has 0 saturated carbocycles. The minimum absolute atomic E-state index is 0.0187. The number of hydrogen-bond donors (Lipinski definition) is 1. The lowest BCUT2D eigenvalue weighted by molar-refractivity contribution is -0.116. The molecule has 0 radical (unpaired) electrons. The van der Waals surface area contributed by atoms with Crippen LogP contribution in [-0.4, -0.2) is 61.8 Å². The maximum atomic E-state index is 12.8. The normalized spacial score (nSPS) is 15.5. The summed E-state index contributed by atoms with van der Waals surface area (Å²) in [5.41, 5.74) is 0.281. The number of morpholine rings is 1. The number of sulfonamides is 1. The van der Waals surface area contributed by atoms with Gasteiger partial charge in [-0.2, -0.15) is 9.40 Å². The molecular formula is C16H19BrN4O5S. The summed E-state index contributed by atoms with van der Waals surface area (Å²) in [7, 11) is -2.23. The molecular weight excluding hydrogens is 440 g/mol. The Labute approximate surface area is 165 Å². The minimum atomic E-state index is -3.68. The van der Waals surface area contributed by atoms with Crippen LogP contribution < -0.4 is 10.1 Å². The van der Waals surface area contributed by atoms with E-state index in [2.05, 4.69) is 26.3 Å². The smallest absolute Gasteiger partial charge is 0.246 e. The molecule has 0 bridgehead atoms. The summed E-state index contributed by atoms with van der Waals surface area (Å²) in [5.74, 6) is 0.00995. The quantitative estimate of drug-likeness (QED) is 0.699. The van der Waals surface area contributed by atoms with Crippen molar-refractivity contribution in [3.8, 4) is 5.75 Å². The highest BCUT2D eigenvalue weighted by atomic mass is 79.9. The molecule has 0 unspecified atom stereocenters. The number of amides is 1. The molecule has 3 rings (SSSR count). The molecule has 2 aromatic rings. The number of anilines is 1. The van der Waals surface area contributed by atoms with Crippen LogP contribution in [0.15, 0.2) is 40.0 Å². The molecule has 1 aliphatic rings. The number of carbonyl (C=O) groups excluding carboxylic acids is 1. The summed E-state index contributed by atoms with van der Waals surface area (Å²) in [6.07, 6.45) is 3.24. The number of halogens is 1. The van der Waals surface area contributed by atoms with Crippen LogP contribution in [0.2, 0.25) is 0 Å². The van der Waals surface area contributed by atoms with Crippen molar-refractivity contribution in [3.05, 3.63) is 35.1 Å². The Hall–Kier alpha value is -1.95. The van der Waals surface area contributed by atoms with Gasteiger partial charge >= 0.3 is 0 Å². The van der Waals surface area contributed by atoms with Crippen molar-refractivity contribution in [2.24, 2.45) is 0 Å². The largest absolute Gasteiger partial charge is 0.495 e. The van der Waals surface area contributed by atoms with Gasteiger partial charge in [0.1, 0.15) is 12.3 Å². The fourth-order valence-corrected chi connectivity index (χ4v) is 4.41. The topological polar surface area (TPSA) is 103 Å². The van der Waals surface area contributed by atoms with Gasteiger partial charge in [0.2, 0.25) is 15.9 Å². The van der Waals surface area contributed by atoms with E-state index in [0.717, 1.165) is 4.47 Å². The molecule has 1 aromatic heterocycles. The zero-order chi connectivity index (χ0) is 19.4. The number of carbonyl (C=O) groups is 1. The van der Waals surface area contributed by atoms with Gasteiger partial charge in [-0.05, 0) is 34.1 Å². The summed E-state index contributed by atoms with van der Waals surface area (Å²) in [6.45, 7) is 1.29. The van der Waals surface area contributed by atoms with Crippen LogP contribution in [0.25, 0.3) is 0 Å². The molecule has 9 nitrogen and oxygen atoms in total. The van der Waals surface area contributed by atoms with Crippen molar-refractivity contribution in [1.29, 1.82) is 0 Å². The lowest BCUT2D eigenvalue weighted by Crippen LogP contribution is -2.40. The molecule has 0 aliphatic carbocycles. The molecule has 1 saturated heterocycles. The number of benzene rings is 1. The van der Waals surface area contributed by atoms with Gasteiger partial charge < -0.3 is 14.8 Å². The first-order valence-corrected chi connectivity index (χ1v) is 10.4. The summed E-state index contributed by atoms with van der Waals surface area (Å²) in [4.78, 5) is 12.4. The van der Waals surface area contributed by atoms with Crippen LogP contribution in [0.5, 0.6) is 5.75 Å². The van der Waals surface area contributed by atoms with Crippen molar-refractivity contribution < 1.29 is 22.7 Å². The summed E-state index contributed by atoms with van der Waals surface area (Å²) in [6, 6.07) is 4.39. The third kappa shape index (κ3) is 4.67. The first-order chi connectivity index (χ1) is 12.9. The molecule has 1 aliphatic heterocycles. The van der Waals surface area contributed by atoms with E-state index in [9.17, 15) is 13.2 Å². The third-order valence-electron chi connectivity index (χ3n) is 3.96. The summed E-state index contributed by atoms with van der Waals surface area (Å²) >= 11 is 3.27.